The van der Waals surface area contributed by atoms with E-state index in [-0.39, 0.29) is 6.61 Å². The molecule has 0 aliphatic rings. The molecule has 0 saturated carbocycles. The molecule has 2 aromatic carbocycles. The van der Waals surface area contributed by atoms with Crippen LogP contribution in [-0.2, 0) is 9.09 Å². The number of phosphoric acid groups is 1. The van der Waals surface area contributed by atoms with Crippen LogP contribution in [0.1, 0.15) is 98.9 Å². The molecule has 1 unspecified atom stereocenters. The van der Waals surface area contributed by atoms with E-state index in [1.165, 1.54) is 67.2 Å². The lowest BCUT2D eigenvalue weighted by molar-refractivity contribution is 0.199. The molecule has 5 heteroatoms. The summed E-state index contributed by atoms with van der Waals surface area (Å²) < 4.78 is 23.2. The van der Waals surface area contributed by atoms with Gasteiger partial charge >= 0.3 is 7.82 Å². The van der Waals surface area contributed by atoms with Gasteiger partial charge in [0.25, 0.3) is 0 Å². The third kappa shape index (κ3) is 9.21. The highest BCUT2D eigenvalue weighted by Crippen LogP contribution is 2.46. The van der Waals surface area contributed by atoms with Crippen LogP contribution in [0.4, 0.5) is 0 Å². The molecule has 2 aromatic rings. The molecule has 1 N–H and O–H groups in total. The number of rotatable bonds is 15. The Balaban J connectivity index is 1.85. The second-order valence-corrected chi connectivity index (χ2v) is 11.2. The van der Waals surface area contributed by atoms with Crippen molar-refractivity contribution in [3.05, 3.63) is 52.1 Å². The highest BCUT2D eigenvalue weighted by Gasteiger charge is 2.24. The van der Waals surface area contributed by atoms with Crippen molar-refractivity contribution >= 4 is 7.82 Å². The van der Waals surface area contributed by atoms with Gasteiger partial charge < -0.3 is 4.52 Å². The van der Waals surface area contributed by atoms with E-state index < -0.39 is 7.82 Å². The van der Waals surface area contributed by atoms with Crippen LogP contribution in [0.3, 0.4) is 0 Å². The lowest BCUT2D eigenvalue weighted by Crippen LogP contribution is -2.01. The van der Waals surface area contributed by atoms with Crippen molar-refractivity contribution in [3.8, 4) is 16.9 Å². The third-order valence-corrected chi connectivity index (χ3v) is 7.37. The Morgan fingerprint density at radius 1 is 0.706 bits per heavy atom. The molecule has 0 radical (unpaired) electrons. The Morgan fingerprint density at radius 3 is 1.79 bits per heavy atom. The Kier molecular flexibility index (Phi) is 11.8. The lowest BCUT2D eigenvalue weighted by Gasteiger charge is -2.19. The van der Waals surface area contributed by atoms with Crippen molar-refractivity contribution in [2.45, 2.75) is 106 Å². The topological polar surface area (TPSA) is 55.8 Å². The number of unbranched alkanes of at least 4 members (excludes halogenated alkanes) is 9. The van der Waals surface area contributed by atoms with Crippen LogP contribution < -0.4 is 4.52 Å². The number of hydrogen-bond donors (Lipinski definition) is 1. The third-order valence-electron chi connectivity index (χ3n) is 6.43. The average Bonchev–Trinajstić information content (AvgIpc) is 2.74. The van der Waals surface area contributed by atoms with E-state index in [0.717, 1.165) is 36.0 Å². The molecular weight excluding hydrogens is 443 g/mol. The van der Waals surface area contributed by atoms with Gasteiger partial charge in [-0.25, -0.2) is 4.57 Å². The normalized spacial score (nSPS) is 13.1. The van der Waals surface area contributed by atoms with Gasteiger partial charge in [0.2, 0.25) is 0 Å². The summed E-state index contributed by atoms with van der Waals surface area (Å²) in [6.45, 7) is 12.7. The second-order valence-electron chi connectivity index (χ2n) is 9.78. The van der Waals surface area contributed by atoms with Crippen LogP contribution in [0.25, 0.3) is 11.1 Å². The maximum absolute atomic E-state index is 12.5. The predicted molar refractivity (Wildman–Crippen MR) is 144 cm³/mol. The van der Waals surface area contributed by atoms with E-state index in [0.29, 0.717) is 5.75 Å². The fourth-order valence-corrected chi connectivity index (χ4v) is 5.54. The van der Waals surface area contributed by atoms with Gasteiger partial charge in [-0.15, -0.1) is 0 Å². The van der Waals surface area contributed by atoms with E-state index in [1.54, 1.807) is 0 Å². The molecule has 4 nitrogen and oxygen atoms in total. The molecule has 0 aliphatic heterocycles. The van der Waals surface area contributed by atoms with Crippen LogP contribution in [-0.4, -0.2) is 11.5 Å². The number of phosphoric ester groups is 1. The Bertz CT molecular complexity index is 944. The second kappa shape index (κ2) is 14.1. The van der Waals surface area contributed by atoms with Gasteiger partial charge in [-0.05, 0) is 86.6 Å². The summed E-state index contributed by atoms with van der Waals surface area (Å²) in [5.41, 5.74) is 7.85. The Labute approximate surface area is 207 Å². The first-order valence-electron chi connectivity index (χ1n) is 13.0. The molecule has 0 fully saturated rings. The first-order chi connectivity index (χ1) is 16.1. The van der Waals surface area contributed by atoms with Crippen LogP contribution in [0.5, 0.6) is 5.75 Å². The van der Waals surface area contributed by atoms with Crippen LogP contribution in [0.15, 0.2) is 24.3 Å². The van der Waals surface area contributed by atoms with E-state index in [4.69, 9.17) is 9.05 Å². The van der Waals surface area contributed by atoms with Crippen molar-refractivity contribution in [1.82, 2.24) is 0 Å². The number of aryl methyl sites for hydroxylation is 5. The number of benzene rings is 2. The van der Waals surface area contributed by atoms with Gasteiger partial charge in [0.1, 0.15) is 5.75 Å². The standard InChI is InChI=1S/C29H45O4P/c1-7-8-9-10-11-12-13-14-15-16-17-32-34(30,31)33-28-21-23(3)27(20-24(28)4)29-25(5)18-22(2)19-26(29)6/h18-21H,7-17H2,1-6H3,(H,30,31). The minimum absolute atomic E-state index is 0.238. The summed E-state index contributed by atoms with van der Waals surface area (Å²) in [6.07, 6.45) is 12.1. The highest BCUT2D eigenvalue weighted by atomic mass is 31.2. The fourth-order valence-electron chi connectivity index (χ4n) is 4.68. The molecule has 0 spiro atoms. The zero-order chi connectivity index (χ0) is 25.1. The lowest BCUT2D eigenvalue weighted by atomic mass is 9.90. The summed E-state index contributed by atoms with van der Waals surface area (Å²) in [7, 11) is -4.15. The fraction of sp³-hybridized carbons (Fsp3) is 0.586. The van der Waals surface area contributed by atoms with Crippen molar-refractivity contribution < 1.29 is 18.5 Å². The maximum Gasteiger partial charge on any atom is 0.527 e. The predicted octanol–water partition coefficient (Wildman–Crippen LogP) is 9.31. The molecule has 190 valence electrons. The first-order valence-corrected chi connectivity index (χ1v) is 14.5. The van der Waals surface area contributed by atoms with E-state index in [2.05, 4.69) is 39.8 Å². The molecule has 0 saturated heterocycles. The summed E-state index contributed by atoms with van der Waals surface area (Å²) in [4.78, 5) is 10.2. The summed E-state index contributed by atoms with van der Waals surface area (Å²) in [5.74, 6) is 0.401. The minimum Gasteiger partial charge on any atom is -0.404 e. The van der Waals surface area contributed by atoms with E-state index in [1.807, 2.05) is 26.0 Å². The van der Waals surface area contributed by atoms with Crippen molar-refractivity contribution in [3.63, 3.8) is 0 Å². The molecule has 0 heterocycles. The Hall–Kier alpha value is -1.61. The molecule has 2 rings (SSSR count). The molecule has 34 heavy (non-hydrogen) atoms. The van der Waals surface area contributed by atoms with Gasteiger partial charge in [0.15, 0.2) is 0 Å². The quantitative estimate of drug-likeness (QED) is 0.200. The molecular formula is C29H45O4P. The van der Waals surface area contributed by atoms with Crippen molar-refractivity contribution in [2.75, 3.05) is 6.61 Å². The summed E-state index contributed by atoms with van der Waals surface area (Å²) >= 11 is 0. The smallest absolute Gasteiger partial charge is 0.404 e. The van der Waals surface area contributed by atoms with Crippen LogP contribution in [0.2, 0.25) is 0 Å². The van der Waals surface area contributed by atoms with Gasteiger partial charge in [0.05, 0.1) is 6.61 Å². The molecule has 0 aromatic heterocycles. The van der Waals surface area contributed by atoms with Crippen molar-refractivity contribution in [2.24, 2.45) is 0 Å². The van der Waals surface area contributed by atoms with Gasteiger partial charge in [0, 0.05) is 0 Å². The number of hydrogen-bond acceptors (Lipinski definition) is 3. The molecule has 0 amide bonds. The SMILES string of the molecule is CCCCCCCCCCCCOP(=O)(O)Oc1cc(C)c(-c2c(C)cc(C)cc2C)cc1C. The zero-order valence-corrected chi connectivity index (χ0v) is 23.1. The minimum atomic E-state index is -4.15. The summed E-state index contributed by atoms with van der Waals surface area (Å²) in [5, 5.41) is 0. The highest BCUT2D eigenvalue weighted by molar-refractivity contribution is 7.47. The maximum atomic E-state index is 12.5. The van der Waals surface area contributed by atoms with E-state index >= 15 is 0 Å². The van der Waals surface area contributed by atoms with Crippen LogP contribution >= 0.6 is 7.82 Å². The van der Waals surface area contributed by atoms with Crippen molar-refractivity contribution in [1.29, 1.82) is 0 Å². The largest absolute Gasteiger partial charge is 0.527 e. The average molecular weight is 489 g/mol. The van der Waals surface area contributed by atoms with E-state index in [9.17, 15) is 9.46 Å². The van der Waals surface area contributed by atoms with Crippen LogP contribution in [0, 0.1) is 34.6 Å². The molecule has 0 bridgehead atoms. The molecule has 1 atom stereocenters. The Morgan fingerprint density at radius 2 is 1.24 bits per heavy atom. The zero-order valence-electron chi connectivity index (χ0n) is 22.2. The van der Waals surface area contributed by atoms with Gasteiger partial charge in [-0.1, -0.05) is 82.4 Å². The molecule has 0 aliphatic carbocycles. The first kappa shape index (κ1) is 28.6. The van der Waals surface area contributed by atoms with Gasteiger partial charge in [-0.3, -0.25) is 9.42 Å². The monoisotopic (exact) mass is 488 g/mol. The summed E-state index contributed by atoms with van der Waals surface area (Å²) in [6, 6.07) is 8.25. The van der Waals surface area contributed by atoms with Gasteiger partial charge in [-0.2, -0.15) is 0 Å².